The van der Waals surface area contributed by atoms with Crippen molar-refractivity contribution in [2.75, 3.05) is 0 Å². The monoisotopic (exact) mass is 474 g/mol. The predicted molar refractivity (Wildman–Crippen MR) is 140 cm³/mol. The second-order valence-corrected chi connectivity index (χ2v) is 9.41. The van der Waals surface area contributed by atoms with Gasteiger partial charge in [-0.1, -0.05) is 108 Å². The quantitative estimate of drug-likeness (QED) is 0.270. The van der Waals surface area contributed by atoms with Crippen LogP contribution in [0.15, 0.2) is 84.9 Å². The van der Waals surface area contributed by atoms with Crippen molar-refractivity contribution in [2.45, 2.75) is 39.9 Å². The Bertz CT molecular complexity index is 1100. The third-order valence-electron chi connectivity index (χ3n) is 6.00. The Morgan fingerprint density at radius 2 is 0.788 bits per heavy atom. The van der Waals surface area contributed by atoms with E-state index in [1.165, 1.54) is 0 Å². The smallest absolute Gasteiger partial charge is 0.109 e. The number of aryl methyl sites for hydroxylation is 4. The van der Waals surface area contributed by atoms with Crippen LogP contribution in [0.5, 0.6) is 0 Å². The van der Waals surface area contributed by atoms with Crippen LogP contribution in [-0.2, 0) is 4.74 Å². The van der Waals surface area contributed by atoms with E-state index in [1.807, 2.05) is 39.8 Å². The standard InChI is InChI=1S/C30H28Cl2O/c1-19-15-25(16-20(2)27(19)31)29(23-11-7-5-8-12-23)33-30(24-13-9-6-10-14-24)26-17-21(3)28(32)22(4)18-26/h5-18,29-30H,1-4H3. The molecule has 0 amide bonds. The third-order valence-corrected chi connectivity index (χ3v) is 7.19. The molecule has 0 aliphatic heterocycles. The molecule has 0 aromatic heterocycles. The number of hydrogen-bond acceptors (Lipinski definition) is 1. The molecule has 3 heteroatoms. The summed E-state index contributed by atoms with van der Waals surface area (Å²) in [4.78, 5) is 0. The van der Waals surface area contributed by atoms with Crippen LogP contribution in [0.25, 0.3) is 0 Å². The van der Waals surface area contributed by atoms with Gasteiger partial charge in [-0.3, -0.25) is 0 Å². The van der Waals surface area contributed by atoms with Gasteiger partial charge in [-0.15, -0.1) is 0 Å². The van der Waals surface area contributed by atoms with Crippen molar-refractivity contribution in [3.63, 3.8) is 0 Å². The normalized spacial score (nSPS) is 13.0. The first-order valence-electron chi connectivity index (χ1n) is 11.1. The fraction of sp³-hybridized carbons (Fsp3) is 0.200. The number of halogens is 2. The van der Waals surface area contributed by atoms with E-state index in [1.54, 1.807) is 0 Å². The highest BCUT2D eigenvalue weighted by molar-refractivity contribution is 6.32. The lowest BCUT2D eigenvalue weighted by atomic mass is 9.94. The lowest BCUT2D eigenvalue weighted by molar-refractivity contribution is 0.0307. The molecule has 0 radical (unpaired) electrons. The van der Waals surface area contributed by atoms with Crippen LogP contribution < -0.4 is 0 Å². The van der Waals surface area contributed by atoms with Crippen molar-refractivity contribution in [3.05, 3.63) is 139 Å². The van der Waals surface area contributed by atoms with E-state index in [4.69, 9.17) is 27.9 Å². The van der Waals surface area contributed by atoms with E-state index in [2.05, 4.69) is 72.8 Å². The largest absolute Gasteiger partial charge is 0.356 e. The van der Waals surface area contributed by atoms with Gasteiger partial charge in [0.1, 0.15) is 12.2 Å². The molecule has 2 unspecified atom stereocenters. The van der Waals surface area contributed by atoms with Crippen molar-refractivity contribution in [1.82, 2.24) is 0 Å². The molecule has 1 nitrogen and oxygen atoms in total. The van der Waals surface area contributed by atoms with Gasteiger partial charge in [-0.25, -0.2) is 0 Å². The highest BCUT2D eigenvalue weighted by Gasteiger charge is 2.25. The van der Waals surface area contributed by atoms with Gasteiger partial charge >= 0.3 is 0 Å². The van der Waals surface area contributed by atoms with E-state index < -0.39 is 0 Å². The molecule has 2 atom stereocenters. The summed E-state index contributed by atoms with van der Waals surface area (Å²) in [7, 11) is 0. The minimum atomic E-state index is -0.262. The lowest BCUT2D eigenvalue weighted by Gasteiger charge is -2.28. The molecule has 0 spiro atoms. The second-order valence-electron chi connectivity index (χ2n) is 8.65. The average Bonchev–Trinajstić information content (AvgIpc) is 2.82. The van der Waals surface area contributed by atoms with Crippen molar-refractivity contribution < 1.29 is 4.74 Å². The summed E-state index contributed by atoms with van der Waals surface area (Å²) < 4.78 is 7.01. The molecule has 4 aromatic carbocycles. The Morgan fingerprint density at radius 1 is 0.485 bits per heavy atom. The summed E-state index contributed by atoms with van der Waals surface area (Å²) in [5.41, 5.74) is 8.56. The van der Waals surface area contributed by atoms with Crippen molar-refractivity contribution in [2.24, 2.45) is 0 Å². The van der Waals surface area contributed by atoms with E-state index in [0.717, 1.165) is 54.6 Å². The summed E-state index contributed by atoms with van der Waals surface area (Å²) in [6, 6.07) is 29.2. The first kappa shape index (κ1) is 23.6. The van der Waals surface area contributed by atoms with Gasteiger partial charge in [0.05, 0.1) is 0 Å². The average molecular weight is 475 g/mol. The van der Waals surface area contributed by atoms with Crippen LogP contribution in [0.2, 0.25) is 10.0 Å². The molecule has 0 aliphatic rings. The maximum absolute atomic E-state index is 7.01. The third kappa shape index (κ3) is 5.17. The zero-order valence-electron chi connectivity index (χ0n) is 19.4. The number of hydrogen-bond donors (Lipinski definition) is 0. The van der Waals surface area contributed by atoms with Gasteiger partial charge < -0.3 is 4.74 Å². The van der Waals surface area contributed by atoms with Crippen molar-refractivity contribution in [3.8, 4) is 0 Å². The van der Waals surface area contributed by atoms with Gasteiger partial charge in [-0.05, 0) is 72.2 Å². The Balaban J connectivity index is 1.87. The molecule has 0 bridgehead atoms. The molecule has 4 aromatic rings. The van der Waals surface area contributed by atoms with Crippen LogP contribution in [0.4, 0.5) is 0 Å². The molecule has 0 saturated carbocycles. The van der Waals surface area contributed by atoms with Crippen molar-refractivity contribution in [1.29, 1.82) is 0 Å². The fourth-order valence-electron chi connectivity index (χ4n) is 4.35. The SMILES string of the molecule is Cc1cc(C(OC(c2ccccc2)c2cc(C)c(Cl)c(C)c2)c2ccccc2)cc(C)c1Cl. The molecule has 0 heterocycles. The first-order chi connectivity index (χ1) is 15.8. The van der Waals surface area contributed by atoms with Gasteiger partial charge in [0.25, 0.3) is 0 Å². The van der Waals surface area contributed by atoms with Crippen LogP contribution in [0, 0.1) is 27.7 Å². The molecular weight excluding hydrogens is 447 g/mol. The van der Waals surface area contributed by atoms with Crippen LogP contribution in [0.1, 0.15) is 56.7 Å². The number of benzene rings is 4. The topological polar surface area (TPSA) is 9.23 Å². The number of rotatable bonds is 6. The summed E-state index contributed by atoms with van der Waals surface area (Å²) in [6.45, 7) is 8.17. The molecular formula is C30H28Cl2O. The molecule has 0 N–H and O–H groups in total. The molecule has 0 fully saturated rings. The minimum absolute atomic E-state index is 0.262. The number of ether oxygens (including phenoxy) is 1. The van der Waals surface area contributed by atoms with E-state index in [0.29, 0.717) is 0 Å². The molecule has 4 rings (SSSR count). The van der Waals surface area contributed by atoms with Gasteiger partial charge in [0.15, 0.2) is 0 Å². The van der Waals surface area contributed by atoms with Crippen molar-refractivity contribution >= 4 is 23.2 Å². The first-order valence-corrected chi connectivity index (χ1v) is 11.9. The van der Waals surface area contributed by atoms with Crippen LogP contribution >= 0.6 is 23.2 Å². The Labute approximate surface area is 207 Å². The van der Waals surface area contributed by atoms with Gasteiger partial charge in [-0.2, -0.15) is 0 Å². The highest BCUT2D eigenvalue weighted by atomic mass is 35.5. The zero-order valence-corrected chi connectivity index (χ0v) is 20.9. The highest BCUT2D eigenvalue weighted by Crippen LogP contribution is 2.39. The molecule has 0 aliphatic carbocycles. The summed E-state index contributed by atoms with van der Waals surface area (Å²) in [6.07, 6.45) is -0.523. The Kier molecular flexibility index (Phi) is 7.24. The van der Waals surface area contributed by atoms with Gasteiger partial charge in [0, 0.05) is 10.0 Å². The summed E-state index contributed by atoms with van der Waals surface area (Å²) in [5, 5.41) is 1.60. The van der Waals surface area contributed by atoms with Crippen LogP contribution in [-0.4, -0.2) is 0 Å². The Morgan fingerprint density at radius 3 is 1.09 bits per heavy atom. The maximum atomic E-state index is 7.01. The second kappa shape index (κ2) is 10.1. The maximum Gasteiger partial charge on any atom is 0.109 e. The van der Waals surface area contributed by atoms with E-state index >= 15 is 0 Å². The predicted octanol–water partition coefficient (Wildman–Crippen LogP) is 9.12. The molecule has 0 saturated heterocycles. The summed E-state index contributed by atoms with van der Waals surface area (Å²) >= 11 is 13.0. The Hall–Kier alpha value is -2.58. The molecule has 33 heavy (non-hydrogen) atoms. The van der Waals surface area contributed by atoms with E-state index in [-0.39, 0.29) is 12.2 Å². The fourth-order valence-corrected chi connectivity index (χ4v) is 4.57. The summed E-state index contributed by atoms with van der Waals surface area (Å²) in [5.74, 6) is 0. The minimum Gasteiger partial charge on any atom is -0.356 e. The zero-order chi connectivity index (χ0) is 23.5. The molecule has 168 valence electrons. The van der Waals surface area contributed by atoms with Crippen LogP contribution in [0.3, 0.4) is 0 Å². The van der Waals surface area contributed by atoms with E-state index in [9.17, 15) is 0 Å². The van der Waals surface area contributed by atoms with Gasteiger partial charge in [0.2, 0.25) is 0 Å². The lowest BCUT2D eigenvalue weighted by Crippen LogP contribution is -2.14.